The number of non-ortho nitro benzene ring substituents is 1. The maximum absolute atomic E-state index is 11.0. The molecule has 1 heterocycles. The molecule has 1 aromatic carbocycles. The van der Waals surface area contributed by atoms with E-state index in [1.54, 1.807) is 6.07 Å². The van der Waals surface area contributed by atoms with Gasteiger partial charge in [-0.05, 0) is 6.07 Å². The molecule has 2 aromatic rings. The van der Waals surface area contributed by atoms with Crippen LogP contribution in [-0.4, -0.2) is 17.0 Å². The van der Waals surface area contributed by atoms with E-state index in [0.717, 1.165) is 16.6 Å². The van der Waals surface area contributed by atoms with Crippen LogP contribution in [0.3, 0.4) is 0 Å². The molecule has 0 aliphatic carbocycles. The van der Waals surface area contributed by atoms with E-state index in [0.29, 0.717) is 11.3 Å². The van der Waals surface area contributed by atoms with E-state index in [9.17, 15) is 10.1 Å². The number of methoxy groups -OCH3 is 1. The zero-order chi connectivity index (χ0) is 15.1. The van der Waals surface area contributed by atoms with Crippen molar-refractivity contribution in [3.8, 4) is 0 Å². The Morgan fingerprint density at radius 1 is 1.35 bits per heavy atom. The Labute approximate surface area is 117 Å². The van der Waals surface area contributed by atoms with Crippen LogP contribution in [0.25, 0.3) is 16.7 Å². The number of nitro groups is 1. The summed E-state index contributed by atoms with van der Waals surface area (Å²) >= 11 is 0. The van der Waals surface area contributed by atoms with Crippen LogP contribution in [0.15, 0.2) is 24.8 Å². The summed E-state index contributed by atoms with van der Waals surface area (Å²) in [5.41, 5.74) is 2.40. The molecule has 1 N–H and O–H groups in total. The number of rotatable bonds is 3. The van der Waals surface area contributed by atoms with Crippen molar-refractivity contribution in [1.29, 1.82) is 0 Å². The van der Waals surface area contributed by atoms with E-state index in [4.69, 9.17) is 4.74 Å². The lowest BCUT2D eigenvalue weighted by atomic mass is 9.92. The average molecular weight is 274 g/mol. The third-order valence-corrected chi connectivity index (χ3v) is 3.28. The van der Waals surface area contributed by atoms with E-state index in [1.165, 1.54) is 13.2 Å². The lowest BCUT2D eigenvalue weighted by Crippen LogP contribution is -2.11. The summed E-state index contributed by atoms with van der Waals surface area (Å²) < 4.78 is 5.14. The lowest BCUT2D eigenvalue weighted by Gasteiger charge is -2.15. The number of benzene rings is 1. The number of nitro benzene ring substituents is 1. The van der Waals surface area contributed by atoms with Crippen LogP contribution in [0.2, 0.25) is 0 Å². The van der Waals surface area contributed by atoms with Gasteiger partial charge in [0.15, 0.2) is 0 Å². The highest BCUT2D eigenvalue weighted by Gasteiger charge is 2.21. The van der Waals surface area contributed by atoms with Crippen LogP contribution in [0, 0.1) is 10.1 Å². The standard InChI is InChI=1S/C15H18N2O3/c1-9(20-5)12-8-11(17(18)19)6-10-7-13(15(2,3)4)16-14(10)12/h6-8,16H,1H2,2-5H3. The van der Waals surface area contributed by atoms with E-state index in [-0.39, 0.29) is 11.1 Å². The summed E-state index contributed by atoms with van der Waals surface area (Å²) in [5.74, 6) is 0.404. The zero-order valence-electron chi connectivity index (χ0n) is 12.1. The van der Waals surface area contributed by atoms with Gasteiger partial charge in [0.25, 0.3) is 5.69 Å². The molecule has 0 unspecified atom stereocenters. The second kappa shape index (κ2) is 4.67. The second-order valence-corrected chi connectivity index (χ2v) is 5.77. The van der Waals surface area contributed by atoms with Gasteiger partial charge in [0.1, 0.15) is 5.76 Å². The third kappa shape index (κ3) is 2.39. The second-order valence-electron chi connectivity index (χ2n) is 5.77. The Bertz CT molecular complexity index is 693. The fraction of sp³-hybridized carbons (Fsp3) is 0.333. The molecular weight excluding hydrogens is 256 g/mol. The van der Waals surface area contributed by atoms with E-state index in [2.05, 4.69) is 32.3 Å². The van der Waals surface area contributed by atoms with E-state index < -0.39 is 4.92 Å². The number of aromatic amines is 1. The van der Waals surface area contributed by atoms with Gasteiger partial charge in [0.05, 0.1) is 17.5 Å². The predicted octanol–water partition coefficient (Wildman–Crippen LogP) is 3.99. The number of ether oxygens (including phenoxy) is 1. The Morgan fingerprint density at radius 2 is 2.00 bits per heavy atom. The smallest absolute Gasteiger partial charge is 0.270 e. The Hall–Kier alpha value is -2.30. The SMILES string of the molecule is C=C(OC)c1cc([N+](=O)[O-])cc2cc(C(C)(C)C)[nH]c12. The number of hydrogen-bond acceptors (Lipinski definition) is 3. The molecule has 0 saturated heterocycles. The maximum atomic E-state index is 11.0. The fourth-order valence-corrected chi connectivity index (χ4v) is 2.07. The van der Waals surface area contributed by atoms with Crippen molar-refractivity contribution in [3.63, 3.8) is 0 Å². The minimum atomic E-state index is -0.407. The highest BCUT2D eigenvalue weighted by atomic mass is 16.6. The number of fused-ring (bicyclic) bond motifs is 1. The molecule has 0 fully saturated rings. The van der Waals surface area contributed by atoms with Crippen molar-refractivity contribution in [1.82, 2.24) is 4.98 Å². The van der Waals surface area contributed by atoms with E-state index >= 15 is 0 Å². The van der Waals surface area contributed by atoms with Crippen LogP contribution < -0.4 is 0 Å². The number of hydrogen-bond donors (Lipinski definition) is 1. The summed E-state index contributed by atoms with van der Waals surface area (Å²) in [5, 5.41) is 11.8. The zero-order valence-corrected chi connectivity index (χ0v) is 12.1. The van der Waals surface area contributed by atoms with Crippen molar-refractivity contribution < 1.29 is 9.66 Å². The van der Waals surface area contributed by atoms with Gasteiger partial charge in [0, 0.05) is 34.2 Å². The molecule has 0 aliphatic rings. The van der Waals surface area contributed by atoms with Crippen molar-refractivity contribution in [2.24, 2.45) is 0 Å². The first-order chi connectivity index (χ1) is 9.24. The Balaban J connectivity index is 2.77. The molecule has 1 aromatic heterocycles. The monoisotopic (exact) mass is 274 g/mol. The van der Waals surface area contributed by atoms with Crippen LogP contribution in [0.4, 0.5) is 5.69 Å². The molecule has 0 spiro atoms. The Morgan fingerprint density at radius 3 is 2.50 bits per heavy atom. The van der Waals surface area contributed by atoms with Crippen molar-refractivity contribution in [2.45, 2.75) is 26.2 Å². The van der Waals surface area contributed by atoms with Crippen molar-refractivity contribution in [3.05, 3.63) is 46.1 Å². The summed E-state index contributed by atoms with van der Waals surface area (Å²) in [7, 11) is 1.50. The molecule has 0 atom stereocenters. The summed E-state index contributed by atoms with van der Waals surface area (Å²) in [6.45, 7) is 10.0. The summed E-state index contributed by atoms with van der Waals surface area (Å²) in [6, 6.07) is 4.99. The molecule has 5 heteroatoms. The molecule has 5 nitrogen and oxygen atoms in total. The van der Waals surface area contributed by atoms with Crippen LogP contribution >= 0.6 is 0 Å². The Kier molecular flexibility index (Phi) is 3.29. The highest BCUT2D eigenvalue weighted by Crippen LogP contribution is 2.33. The number of nitrogens with zero attached hydrogens (tertiary/aromatic N) is 1. The van der Waals surface area contributed by atoms with Gasteiger partial charge >= 0.3 is 0 Å². The van der Waals surface area contributed by atoms with Gasteiger partial charge in [-0.25, -0.2) is 0 Å². The van der Waals surface area contributed by atoms with Crippen molar-refractivity contribution >= 4 is 22.3 Å². The molecule has 0 bridgehead atoms. The van der Waals surface area contributed by atoms with E-state index in [1.807, 2.05) is 6.07 Å². The molecule has 0 amide bonds. The van der Waals surface area contributed by atoms with Crippen LogP contribution in [0.1, 0.15) is 32.0 Å². The van der Waals surface area contributed by atoms with Crippen LogP contribution in [-0.2, 0) is 10.2 Å². The summed E-state index contributed by atoms with van der Waals surface area (Å²) in [6.07, 6.45) is 0. The quantitative estimate of drug-likeness (QED) is 0.522. The van der Waals surface area contributed by atoms with Crippen molar-refractivity contribution in [2.75, 3.05) is 7.11 Å². The van der Waals surface area contributed by atoms with Gasteiger partial charge in [0.2, 0.25) is 0 Å². The van der Waals surface area contributed by atoms with Crippen LogP contribution in [0.5, 0.6) is 0 Å². The minimum absolute atomic E-state index is 0.0326. The predicted molar refractivity (Wildman–Crippen MR) is 79.7 cm³/mol. The first kappa shape index (κ1) is 14.1. The number of H-pyrrole nitrogens is 1. The average Bonchev–Trinajstić information content (AvgIpc) is 2.80. The minimum Gasteiger partial charge on any atom is -0.497 e. The molecule has 0 aliphatic heterocycles. The van der Waals surface area contributed by atoms with Gasteiger partial charge in [-0.3, -0.25) is 10.1 Å². The maximum Gasteiger partial charge on any atom is 0.270 e. The van der Waals surface area contributed by atoms with Gasteiger partial charge in [-0.15, -0.1) is 0 Å². The fourth-order valence-electron chi connectivity index (χ4n) is 2.07. The lowest BCUT2D eigenvalue weighted by molar-refractivity contribution is -0.384. The molecular formula is C15H18N2O3. The number of aromatic nitrogens is 1. The molecule has 20 heavy (non-hydrogen) atoms. The molecule has 0 radical (unpaired) electrons. The molecule has 2 rings (SSSR count). The first-order valence-corrected chi connectivity index (χ1v) is 6.29. The highest BCUT2D eigenvalue weighted by molar-refractivity contribution is 5.92. The summed E-state index contributed by atoms with van der Waals surface area (Å²) in [4.78, 5) is 14.0. The molecule has 106 valence electrons. The largest absolute Gasteiger partial charge is 0.497 e. The normalized spacial score (nSPS) is 11.6. The van der Waals surface area contributed by atoms with Gasteiger partial charge in [-0.1, -0.05) is 27.4 Å². The van der Waals surface area contributed by atoms with Gasteiger partial charge < -0.3 is 9.72 Å². The molecule has 0 saturated carbocycles. The first-order valence-electron chi connectivity index (χ1n) is 6.29. The van der Waals surface area contributed by atoms with Gasteiger partial charge in [-0.2, -0.15) is 0 Å². The number of nitrogens with one attached hydrogen (secondary N) is 1. The topological polar surface area (TPSA) is 68.2 Å². The third-order valence-electron chi connectivity index (χ3n) is 3.28.